The van der Waals surface area contributed by atoms with E-state index in [1.54, 1.807) is 23.7 Å². The fourth-order valence-corrected chi connectivity index (χ4v) is 4.34. The standard InChI is InChI=1S/C24H27ClFN5O/c1-3-29-12-14-30(15-13-29)21-7-5-4-6-20(21)27-24(32)22-17(2)28-31(23(22)25)16-18-8-10-19(26)11-9-18/h4-11H,3,12-16H2,1-2H3,(H,27,32). The van der Waals surface area contributed by atoms with Crippen LogP contribution >= 0.6 is 11.6 Å². The van der Waals surface area contributed by atoms with Gasteiger partial charge in [-0.15, -0.1) is 0 Å². The second kappa shape index (κ2) is 9.71. The predicted molar refractivity (Wildman–Crippen MR) is 126 cm³/mol. The molecule has 0 bridgehead atoms. The Morgan fingerprint density at radius 1 is 1.09 bits per heavy atom. The topological polar surface area (TPSA) is 53.4 Å². The summed E-state index contributed by atoms with van der Waals surface area (Å²) in [6, 6.07) is 14.0. The zero-order chi connectivity index (χ0) is 22.7. The van der Waals surface area contributed by atoms with Crippen LogP contribution in [0.1, 0.15) is 28.5 Å². The molecule has 1 aromatic heterocycles. The molecule has 1 amide bonds. The highest BCUT2D eigenvalue weighted by molar-refractivity contribution is 6.33. The fourth-order valence-electron chi connectivity index (χ4n) is 4.02. The molecule has 168 valence electrons. The summed E-state index contributed by atoms with van der Waals surface area (Å²) in [6.07, 6.45) is 0. The number of para-hydroxylation sites is 2. The molecule has 2 heterocycles. The molecule has 3 aromatic rings. The Bertz CT molecular complexity index is 1090. The Morgan fingerprint density at radius 2 is 1.78 bits per heavy atom. The summed E-state index contributed by atoms with van der Waals surface area (Å²) in [4.78, 5) is 17.9. The lowest BCUT2D eigenvalue weighted by atomic mass is 10.2. The number of aromatic nitrogens is 2. The van der Waals surface area contributed by atoms with E-state index in [0.29, 0.717) is 17.8 Å². The van der Waals surface area contributed by atoms with Gasteiger partial charge < -0.3 is 15.1 Å². The zero-order valence-corrected chi connectivity index (χ0v) is 19.1. The number of nitrogens with one attached hydrogen (secondary N) is 1. The largest absolute Gasteiger partial charge is 0.367 e. The lowest BCUT2D eigenvalue weighted by molar-refractivity contribution is 0.102. The van der Waals surface area contributed by atoms with E-state index in [1.807, 2.05) is 24.3 Å². The fraction of sp³-hybridized carbons (Fsp3) is 0.333. The number of nitrogens with zero attached hydrogens (tertiary/aromatic N) is 4. The van der Waals surface area contributed by atoms with Crippen molar-refractivity contribution >= 4 is 28.9 Å². The van der Waals surface area contributed by atoms with Gasteiger partial charge in [0.1, 0.15) is 11.0 Å². The van der Waals surface area contributed by atoms with Crippen LogP contribution in [0.3, 0.4) is 0 Å². The molecule has 2 aromatic carbocycles. The second-order valence-electron chi connectivity index (χ2n) is 7.93. The third-order valence-corrected chi connectivity index (χ3v) is 6.23. The number of benzene rings is 2. The van der Waals surface area contributed by atoms with Crippen molar-refractivity contribution in [3.63, 3.8) is 0 Å². The third kappa shape index (κ3) is 4.79. The number of hydrogen-bond donors (Lipinski definition) is 1. The van der Waals surface area contributed by atoms with E-state index >= 15 is 0 Å². The van der Waals surface area contributed by atoms with E-state index in [0.717, 1.165) is 49.7 Å². The van der Waals surface area contributed by atoms with Crippen LogP contribution in [-0.2, 0) is 6.54 Å². The number of rotatable bonds is 6. The first-order valence-corrected chi connectivity index (χ1v) is 11.2. The van der Waals surface area contributed by atoms with Gasteiger partial charge in [-0.3, -0.25) is 4.79 Å². The molecule has 32 heavy (non-hydrogen) atoms. The van der Waals surface area contributed by atoms with Crippen LogP contribution in [0.5, 0.6) is 0 Å². The number of carbonyl (C=O) groups excluding carboxylic acids is 1. The second-order valence-corrected chi connectivity index (χ2v) is 8.29. The highest BCUT2D eigenvalue weighted by Gasteiger charge is 2.23. The maximum Gasteiger partial charge on any atom is 0.260 e. The molecule has 4 rings (SSSR count). The summed E-state index contributed by atoms with van der Waals surface area (Å²) in [5.41, 5.74) is 3.50. The molecule has 0 atom stereocenters. The van der Waals surface area contributed by atoms with Crippen molar-refractivity contribution in [2.75, 3.05) is 42.9 Å². The van der Waals surface area contributed by atoms with Crippen molar-refractivity contribution in [2.45, 2.75) is 20.4 Å². The van der Waals surface area contributed by atoms with E-state index in [9.17, 15) is 9.18 Å². The van der Waals surface area contributed by atoms with Gasteiger partial charge in [0.15, 0.2) is 0 Å². The van der Waals surface area contributed by atoms with E-state index < -0.39 is 0 Å². The molecule has 6 nitrogen and oxygen atoms in total. The monoisotopic (exact) mass is 455 g/mol. The van der Waals surface area contributed by atoms with Gasteiger partial charge in [0.2, 0.25) is 0 Å². The van der Waals surface area contributed by atoms with Gasteiger partial charge in [-0.05, 0) is 43.3 Å². The van der Waals surface area contributed by atoms with Crippen molar-refractivity contribution < 1.29 is 9.18 Å². The molecule has 1 aliphatic rings. The first-order chi connectivity index (χ1) is 15.5. The van der Waals surface area contributed by atoms with Gasteiger partial charge in [0.05, 0.1) is 29.2 Å². The minimum absolute atomic E-state index is 0.262. The van der Waals surface area contributed by atoms with E-state index in [1.165, 1.54) is 12.1 Å². The molecule has 1 fully saturated rings. The first-order valence-electron chi connectivity index (χ1n) is 10.8. The summed E-state index contributed by atoms with van der Waals surface area (Å²) in [7, 11) is 0. The van der Waals surface area contributed by atoms with Gasteiger partial charge in [-0.1, -0.05) is 42.8 Å². The SMILES string of the molecule is CCN1CCN(c2ccccc2NC(=O)c2c(C)nn(Cc3ccc(F)cc3)c2Cl)CC1. The van der Waals surface area contributed by atoms with Crippen LogP contribution in [0.2, 0.25) is 5.15 Å². The third-order valence-electron chi connectivity index (χ3n) is 5.85. The van der Waals surface area contributed by atoms with Crippen LogP contribution in [0.25, 0.3) is 0 Å². The molecule has 8 heteroatoms. The average Bonchev–Trinajstić information content (AvgIpc) is 3.08. The summed E-state index contributed by atoms with van der Waals surface area (Å²) >= 11 is 6.54. The summed E-state index contributed by atoms with van der Waals surface area (Å²) in [5.74, 6) is -0.594. The number of hydrogen-bond acceptors (Lipinski definition) is 4. The van der Waals surface area contributed by atoms with E-state index in [2.05, 4.69) is 27.1 Å². The Balaban J connectivity index is 1.52. The molecule has 0 aliphatic carbocycles. The molecule has 1 saturated heterocycles. The van der Waals surface area contributed by atoms with Crippen LogP contribution in [0.15, 0.2) is 48.5 Å². The van der Waals surface area contributed by atoms with Crippen molar-refractivity contribution in [1.82, 2.24) is 14.7 Å². The summed E-state index contributed by atoms with van der Waals surface area (Å²) in [5, 5.41) is 7.73. The van der Waals surface area contributed by atoms with Gasteiger partial charge in [-0.2, -0.15) is 5.10 Å². The summed E-state index contributed by atoms with van der Waals surface area (Å²) in [6.45, 7) is 9.16. The highest BCUT2D eigenvalue weighted by Crippen LogP contribution is 2.29. The summed E-state index contributed by atoms with van der Waals surface area (Å²) < 4.78 is 14.7. The van der Waals surface area contributed by atoms with Crippen molar-refractivity contribution in [3.05, 3.63) is 76.3 Å². The maximum absolute atomic E-state index is 13.2. The predicted octanol–water partition coefficient (Wildman–Crippen LogP) is 4.43. The van der Waals surface area contributed by atoms with Crippen LogP contribution in [0.4, 0.5) is 15.8 Å². The lowest BCUT2D eigenvalue weighted by Crippen LogP contribution is -2.46. The molecular formula is C24H27ClFN5O. The molecule has 1 N–H and O–H groups in total. The molecular weight excluding hydrogens is 429 g/mol. The number of aryl methyl sites for hydroxylation is 1. The molecule has 0 spiro atoms. The van der Waals surface area contributed by atoms with Crippen LogP contribution < -0.4 is 10.2 Å². The Hall–Kier alpha value is -2.90. The van der Waals surface area contributed by atoms with Crippen LogP contribution in [-0.4, -0.2) is 53.3 Å². The van der Waals surface area contributed by atoms with Crippen molar-refractivity contribution in [1.29, 1.82) is 0 Å². The Morgan fingerprint density at radius 3 is 2.47 bits per heavy atom. The number of amides is 1. The average molecular weight is 456 g/mol. The number of halogens is 2. The van der Waals surface area contributed by atoms with E-state index in [-0.39, 0.29) is 16.9 Å². The Kier molecular flexibility index (Phi) is 6.77. The molecule has 0 unspecified atom stereocenters. The van der Waals surface area contributed by atoms with Crippen molar-refractivity contribution in [2.24, 2.45) is 0 Å². The number of piperazine rings is 1. The number of likely N-dealkylation sites (N-methyl/N-ethyl adjacent to an activating group) is 1. The minimum Gasteiger partial charge on any atom is -0.367 e. The highest BCUT2D eigenvalue weighted by atomic mass is 35.5. The normalized spacial score (nSPS) is 14.6. The van der Waals surface area contributed by atoms with E-state index in [4.69, 9.17) is 11.6 Å². The lowest BCUT2D eigenvalue weighted by Gasteiger charge is -2.36. The Labute approximate surface area is 192 Å². The van der Waals surface area contributed by atoms with Crippen LogP contribution in [0, 0.1) is 12.7 Å². The quantitative estimate of drug-likeness (QED) is 0.597. The molecule has 0 radical (unpaired) electrons. The molecule has 1 aliphatic heterocycles. The number of carbonyl (C=O) groups is 1. The zero-order valence-electron chi connectivity index (χ0n) is 18.3. The van der Waals surface area contributed by atoms with Gasteiger partial charge in [0.25, 0.3) is 5.91 Å². The first kappa shape index (κ1) is 22.3. The number of anilines is 2. The smallest absolute Gasteiger partial charge is 0.260 e. The minimum atomic E-state index is -0.300. The van der Waals surface area contributed by atoms with Gasteiger partial charge >= 0.3 is 0 Å². The van der Waals surface area contributed by atoms with Crippen molar-refractivity contribution in [3.8, 4) is 0 Å². The molecule has 0 saturated carbocycles. The van der Waals surface area contributed by atoms with Gasteiger partial charge in [-0.25, -0.2) is 9.07 Å². The maximum atomic E-state index is 13.2. The van der Waals surface area contributed by atoms with Gasteiger partial charge in [0, 0.05) is 26.2 Å².